The van der Waals surface area contributed by atoms with Crippen LogP contribution >= 0.6 is 11.6 Å². The zero-order valence-electron chi connectivity index (χ0n) is 17.5. The van der Waals surface area contributed by atoms with Gasteiger partial charge in [0.1, 0.15) is 5.75 Å². The lowest BCUT2D eigenvalue weighted by molar-refractivity contribution is -0.308. The van der Waals surface area contributed by atoms with Gasteiger partial charge in [-0.3, -0.25) is 4.90 Å². The van der Waals surface area contributed by atoms with Gasteiger partial charge in [0.25, 0.3) is 6.10 Å². The largest absolute Gasteiger partial charge is 0.478 e. The van der Waals surface area contributed by atoms with Crippen molar-refractivity contribution in [2.75, 3.05) is 26.2 Å². The van der Waals surface area contributed by atoms with E-state index in [0.717, 1.165) is 4.90 Å². The Hall–Kier alpha value is -2.41. The second-order valence-electron chi connectivity index (χ2n) is 7.78. The Bertz CT molecular complexity index is 855. The molecule has 1 amide bonds. The average Bonchev–Trinajstić information content (AvgIpc) is 2.66. The number of carboxylic acids is 1. The van der Waals surface area contributed by atoms with Crippen LogP contribution in [0, 0.1) is 0 Å². The number of benzene rings is 1. The van der Waals surface area contributed by atoms with Gasteiger partial charge in [-0.25, -0.2) is 9.59 Å². The van der Waals surface area contributed by atoms with Crippen LogP contribution in [0.1, 0.15) is 19.4 Å². The number of ether oxygens (including phenoxy) is 2. The maximum atomic E-state index is 12.6. The van der Waals surface area contributed by atoms with E-state index in [0.29, 0.717) is 10.6 Å². The van der Waals surface area contributed by atoms with Crippen LogP contribution in [0.2, 0.25) is 5.02 Å². The van der Waals surface area contributed by atoms with Crippen LogP contribution in [0.3, 0.4) is 0 Å². The zero-order valence-corrected chi connectivity index (χ0v) is 18.2. The minimum atomic E-state index is -5.79. The molecule has 1 aliphatic heterocycles. The summed E-state index contributed by atoms with van der Waals surface area (Å²) in [5.41, 5.74) is -1.01. The third-order valence-electron chi connectivity index (χ3n) is 4.75. The van der Waals surface area contributed by atoms with E-state index < -0.39 is 36.1 Å². The average molecular weight is 507 g/mol. The number of aliphatic carboxylic acids is 1. The topological polar surface area (TPSA) is 79.3 Å². The van der Waals surface area contributed by atoms with E-state index in [1.165, 1.54) is 19.9 Å². The lowest BCUT2D eigenvalue weighted by Gasteiger charge is -2.35. The quantitative estimate of drug-likeness (QED) is 0.579. The first kappa shape index (κ1) is 26.8. The van der Waals surface area contributed by atoms with E-state index in [4.69, 9.17) is 16.3 Å². The number of halogens is 7. The first-order chi connectivity index (χ1) is 15.0. The number of piperazine rings is 1. The van der Waals surface area contributed by atoms with Crippen LogP contribution in [0.5, 0.6) is 5.75 Å². The van der Waals surface area contributed by atoms with Gasteiger partial charge in [0.05, 0.1) is 0 Å². The number of nitrogens with zero attached hydrogens (tertiary/aromatic N) is 2. The molecule has 0 aromatic heterocycles. The summed E-state index contributed by atoms with van der Waals surface area (Å²) in [7, 11) is 0. The van der Waals surface area contributed by atoms with Gasteiger partial charge in [0, 0.05) is 43.3 Å². The number of carboxylic acid groups (broad SMARTS) is 1. The predicted molar refractivity (Wildman–Crippen MR) is 103 cm³/mol. The van der Waals surface area contributed by atoms with Gasteiger partial charge in [-0.1, -0.05) is 17.7 Å². The Morgan fingerprint density at radius 1 is 1.06 bits per heavy atom. The number of amides is 1. The molecule has 14 heteroatoms. The molecule has 0 aliphatic carbocycles. The molecule has 0 radical (unpaired) electrons. The summed E-state index contributed by atoms with van der Waals surface area (Å²) in [5.74, 6) is -1.01. The van der Waals surface area contributed by atoms with Crippen molar-refractivity contribution in [1.29, 1.82) is 0 Å². The fourth-order valence-corrected chi connectivity index (χ4v) is 3.06. The first-order valence-electron chi connectivity index (χ1n) is 9.53. The third kappa shape index (κ3) is 7.29. The molecule has 0 unspecified atom stereocenters. The molecule has 186 valence electrons. The number of carbonyl (C=O) groups excluding carboxylic acids is 1. The van der Waals surface area contributed by atoms with Crippen LogP contribution < -0.4 is 4.74 Å². The van der Waals surface area contributed by atoms with Crippen molar-refractivity contribution in [2.24, 2.45) is 0 Å². The van der Waals surface area contributed by atoms with Crippen LogP contribution in [-0.4, -0.2) is 77.2 Å². The highest BCUT2D eigenvalue weighted by Crippen LogP contribution is 2.36. The lowest BCUT2D eigenvalue weighted by Crippen LogP contribution is -2.52. The van der Waals surface area contributed by atoms with E-state index in [-0.39, 0.29) is 38.5 Å². The maximum Gasteiger partial charge on any atom is 0.434 e. The van der Waals surface area contributed by atoms with E-state index in [9.17, 15) is 41.0 Å². The van der Waals surface area contributed by atoms with Crippen LogP contribution in [-0.2, 0) is 16.1 Å². The van der Waals surface area contributed by atoms with Crippen molar-refractivity contribution in [3.05, 3.63) is 28.8 Å². The number of carbonyl (C=O) groups is 2. The third-order valence-corrected chi connectivity index (χ3v) is 4.98. The SMILES string of the molecule is CC(C)(Oc1cc(Cl)ccc1CN1CCN(C(=O)OC(C(F)(F)F)C(F)(F)F)CC1)C(=O)O. The molecular weight excluding hydrogens is 486 g/mol. The maximum absolute atomic E-state index is 12.6. The monoisotopic (exact) mass is 506 g/mol. The number of hydrogen-bond acceptors (Lipinski definition) is 5. The summed E-state index contributed by atoms with van der Waals surface area (Å²) >= 11 is 5.97. The molecular formula is C19H21ClF6N2O5. The Morgan fingerprint density at radius 2 is 1.61 bits per heavy atom. The van der Waals surface area contributed by atoms with Gasteiger partial charge in [-0.15, -0.1) is 0 Å². The van der Waals surface area contributed by atoms with Gasteiger partial charge < -0.3 is 19.5 Å². The summed E-state index contributed by atoms with van der Waals surface area (Å²) < 4.78 is 84.9. The predicted octanol–water partition coefficient (Wildman–Crippen LogP) is 4.33. The molecule has 1 heterocycles. The molecule has 0 saturated carbocycles. The molecule has 1 N–H and O–H groups in total. The highest BCUT2D eigenvalue weighted by molar-refractivity contribution is 6.30. The minimum absolute atomic E-state index is 0.113. The van der Waals surface area contributed by atoms with E-state index >= 15 is 0 Å². The lowest BCUT2D eigenvalue weighted by atomic mass is 10.1. The standard InChI is InChI=1S/C19H21ClF6N2O5/c1-17(2,15(29)30)33-13-9-12(20)4-3-11(13)10-27-5-7-28(8-6-27)16(31)32-14(18(21,22)23)19(24,25)26/h3-4,9,14H,5-8,10H2,1-2H3,(H,29,30). The first-order valence-corrected chi connectivity index (χ1v) is 9.90. The molecule has 2 rings (SSSR count). The van der Waals surface area contributed by atoms with Gasteiger partial charge in [0.2, 0.25) is 0 Å². The second-order valence-corrected chi connectivity index (χ2v) is 8.22. The van der Waals surface area contributed by atoms with Crippen molar-refractivity contribution < 1.29 is 50.5 Å². The molecule has 0 spiro atoms. The van der Waals surface area contributed by atoms with Crippen molar-refractivity contribution in [1.82, 2.24) is 9.80 Å². The van der Waals surface area contributed by atoms with Crippen molar-refractivity contribution in [3.8, 4) is 5.75 Å². The second kappa shape index (κ2) is 9.84. The molecule has 0 atom stereocenters. The van der Waals surface area contributed by atoms with Crippen molar-refractivity contribution >= 4 is 23.7 Å². The van der Waals surface area contributed by atoms with Crippen molar-refractivity contribution in [3.63, 3.8) is 0 Å². The fourth-order valence-electron chi connectivity index (χ4n) is 2.90. The summed E-state index contributed by atoms with van der Waals surface area (Å²) in [6, 6.07) is 4.59. The smallest absolute Gasteiger partial charge is 0.434 e. The number of hydrogen-bond donors (Lipinski definition) is 1. The number of alkyl halides is 6. The zero-order chi connectivity index (χ0) is 25.2. The van der Waals surface area contributed by atoms with E-state index in [2.05, 4.69) is 4.74 Å². The van der Waals surface area contributed by atoms with E-state index in [1.807, 2.05) is 0 Å². The van der Waals surface area contributed by atoms with Crippen LogP contribution in [0.4, 0.5) is 31.1 Å². The van der Waals surface area contributed by atoms with E-state index in [1.54, 1.807) is 17.0 Å². The molecule has 1 aliphatic rings. The molecule has 1 aromatic carbocycles. The molecule has 7 nitrogen and oxygen atoms in total. The minimum Gasteiger partial charge on any atom is -0.478 e. The molecule has 1 fully saturated rings. The Labute approximate surface area is 189 Å². The molecule has 1 saturated heterocycles. The molecule has 1 aromatic rings. The summed E-state index contributed by atoms with van der Waals surface area (Å²) in [6.07, 6.45) is -17.5. The van der Waals surface area contributed by atoms with Gasteiger partial charge in [-0.2, -0.15) is 26.3 Å². The normalized spacial score (nSPS) is 16.1. The molecule has 0 bridgehead atoms. The molecule has 33 heavy (non-hydrogen) atoms. The van der Waals surface area contributed by atoms with Crippen LogP contribution in [0.15, 0.2) is 18.2 Å². The van der Waals surface area contributed by atoms with Gasteiger partial charge in [-0.05, 0) is 26.0 Å². The van der Waals surface area contributed by atoms with Gasteiger partial charge in [0.15, 0.2) is 5.60 Å². The summed E-state index contributed by atoms with van der Waals surface area (Å²) in [4.78, 5) is 25.7. The van der Waals surface area contributed by atoms with Crippen LogP contribution in [0.25, 0.3) is 0 Å². The fraction of sp³-hybridized carbons (Fsp3) is 0.579. The summed E-state index contributed by atoms with van der Waals surface area (Å²) in [6.45, 7) is 2.78. The highest BCUT2D eigenvalue weighted by Gasteiger charge is 2.60. The van der Waals surface area contributed by atoms with Crippen molar-refractivity contribution in [2.45, 2.75) is 44.4 Å². The Morgan fingerprint density at radius 3 is 2.09 bits per heavy atom. The highest BCUT2D eigenvalue weighted by atomic mass is 35.5. The number of rotatable bonds is 6. The Kier molecular flexibility index (Phi) is 8.00. The summed E-state index contributed by atoms with van der Waals surface area (Å²) in [5, 5.41) is 9.57. The van der Waals surface area contributed by atoms with Gasteiger partial charge >= 0.3 is 24.4 Å². The Balaban J connectivity index is 2.02.